The van der Waals surface area contributed by atoms with Crippen LogP contribution in [0.4, 0.5) is 5.69 Å². The lowest BCUT2D eigenvalue weighted by molar-refractivity contribution is 0.336. The molecule has 0 saturated carbocycles. The minimum atomic E-state index is -0.0746. The van der Waals surface area contributed by atoms with Crippen LogP contribution >= 0.6 is 0 Å². The molecule has 2 aromatic rings. The first-order chi connectivity index (χ1) is 9.65. The quantitative estimate of drug-likeness (QED) is 0.931. The number of para-hydroxylation sites is 1. The van der Waals surface area contributed by atoms with Crippen molar-refractivity contribution in [1.29, 1.82) is 0 Å². The number of aromatic nitrogens is 2. The highest BCUT2D eigenvalue weighted by atomic mass is 16.1. The van der Waals surface area contributed by atoms with Crippen LogP contribution in [0.1, 0.15) is 20.3 Å². The monoisotopic (exact) mass is 272 g/mol. The Labute approximate surface area is 118 Å². The van der Waals surface area contributed by atoms with Crippen LogP contribution < -0.4 is 10.7 Å². The van der Waals surface area contributed by atoms with E-state index >= 15 is 0 Å². The number of benzene rings is 1. The number of hydrazine groups is 1. The Morgan fingerprint density at radius 3 is 2.80 bits per heavy atom. The van der Waals surface area contributed by atoms with E-state index in [-0.39, 0.29) is 5.69 Å². The van der Waals surface area contributed by atoms with Gasteiger partial charge in [-0.3, -0.25) is 9.58 Å². The molecule has 5 nitrogen and oxygen atoms in total. The zero-order valence-electron chi connectivity index (χ0n) is 12.2. The van der Waals surface area contributed by atoms with Gasteiger partial charge in [0, 0.05) is 26.3 Å². The Kier molecular flexibility index (Phi) is 3.14. The van der Waals surface area contributed by atoms with Gasteiger partial charge in [0.15, 0.2) is 0 Å². The van der Waals surface area contributed by atoms with Crippen molar-refractivity contribution in [3.8, 4) is 0 Å². The van der Waals surface area contributed by atoms with Crippen LogP contribution in [0.2, 0.25) is 0 Å². The van der Waals surface area contributed by atoms with E-state index in [0.29, 0.717) is 0 Å². The molecule has 2 heterocycles. The first-order valence-electron chi connectivity index (χ1n) is 7.07. The number of H-pyrrole nitrogens is 1. The molecule has 1 aromatic heterocycles. The lowest BCUT2D eigenvalue weighted by Gasteiger charge is -2.28. The van der Waals surface area contributed by atoms with Gasteiger partial charge >= 0.3 is 5.69 Å². The van der Waals surface area contributed by atoms with Gasteiger partial charge in [-0.15, -0.1) is 0 Å². The molecule has 1 aromatic carbocycles. The fourth-order valence-corrected chi connectivity index (χ4v) is 2.77. The number of nitrogens with one attached hydrogen (secondary N) is 1. The number of aromatic amines is 1. The van der Waals surface area contributed by atoms with Crippen molar-refractivity contribution in [1.82, 2.24) is 14.6 Å². The third-order valence-corrected chi connectivity index (χ3v) is 3.96. The van der Waals surface area contributed by atoms with Crippen molar-refractivity contribution in [3.63, 3.8) is 0 Å². The Balaban J connectivity index is 2.19. The second kappa shape index (κ2) is 4.83. The van der Waals surface area contributed by atoms with Gasteiger partial charge in [-0.1, -0.05) is 19.9 Å². The number of hydrogen-bond acceptors (Lipinski definition) is 3. The van der Waals surface area contributed by atoms with E-state index in [1.54, 1.807) is 4.57 Å². The van der Waals surface area contributed by atoms with Crippen molar-refractivity contribution < 1.29 is 0 Å². The van der Waals surface area contributed by atoms with Crippen LogP contribution in [0.25, 0.3) is 11.0 Å². The topological polar surface area (TPSA) is 44.3 Å². The van der Waals surface area contributed by atoms with Gasteiger partial charge in [0.05, 0.1) is 16.7 Å². The standard InChI is InChI=1S/C15H20N4O/c1-4-11-9-18(5-2)19(10-11)13-8-6-7-12-14(13)17(3)15(20)16-12/h6-8,10H,4-5,9H2,1-3H3,(H,16,20). The van der Waals surface area contributed by atoms with Gasteiger partial charge in [0.2, 0.25) is 0 Å². The van der Waals surface area contributed by atoms with Gasteiger partial charge in [0.1, 0.15) is 0 Å². The van der Waals surface area contributed by atoms with Gasteiger partial charge in [0.25, 0.3) is 0 Å². The number of rotatable bonds is 3. The van der Waals surface area contributed by atoms with Crippen LogP contribution in [0.5, 0.6) is 0 Å². The van der Waals surface area contributed by atoms with E-state index in [1.807, 2.05) is 19.2 Å². The summed E-state index contributed by atoms with van der Waals surface area (Å²) in [5.41, 5.74) is 4.21. The molecule has 0 bridgehead atoms. The van der Waals surface area contributed by atoms with Crippen molar-refractivity contribution in [3.05, 3.63) is 40.5 Å². The number of nitrogens with zero attached hydrogens (tertiary/aromatic N) is 3. The van der Waals surface area contributed by atoms with E-state index < -0.39 is 0 Å². The maximum absolute atomic E-state index is 11.8. The SMILES string of the molecule is CCC1=CN(c2cccc3[nH]c(=O)n(C)c23)N(CC)C1. The molecule has 0 aliphatic carbocycles. The molecular weight excluding hydrogens is 252 g/mol. The molecule has 5 heteroatoms. The van der Waals surface area contributed by atoms with Gasteiger partial charge in [-0.25, -0.2) is 9.80 Å². The summed E-state index contributed by atoms with van der Waals surface area (Å²) in [4.78, 5) is 14.7. The lowest BCUT2D eigenvalue weighted by atomic mass is 10.2. The van der Waals surface area contributed by atoms with E-state index in [9.17, 15) is 4.79 Å². The summed E-state index contributed by atoms with van der Waals surface area (Å²) < 4.78 is 1.68. The molecule has 1 N–H and O–H groups in total. The van der Waals surface area contributed by atoms with Crippen LogP contribution in [0, 0.1) is 0 Å². The highest BCUT2D eigenvalue weighted by Gasteiger charge is 2.23. The first kappa shape index (κ1) is 13.0. The van der Waals surface area contributed by atoms with Crippen molar-refractivity contribution in [2.45, 2.75) is 20.3 Å². The fraction of sp³-hybridized carbons (Fsp3) is 0.400. The second-order valence-electron chi connectivity index (χ2n) is 5.13. The maximum atomic E-state index is 11.8. The molecule has 0 fully saturated rings. The van der Waals surface area contributed by atoms with E-state index in [4.69, 9.17) is 0 Å². The average molecular weight is 272 g/mol. The highest BCUT2D eigenvalue weighted by molar-refractivity contribution is 5.89. The number of fused-ring (bicyclic) bond motifs is 1. The molecule has 0 amide bonds. The molecule has 3 rings (SSSR count). The van der Waals surface area contributed by atoms with Gasteiger partial charge in [-0.2, -0.15) is 0 Å². The van der Waals surface area contributed by atoms with Gasteiger partial charge < -0.3 is 4.98 Å². The molecule has 0 saturated heterocycles. The van der Waals surface area contributed by atoms with Crippen LogP contribution in [0.3, 0.4) is 0 Å². The molecule has 0 unspecified atom stereocenters. The Morgan fingerprint density at radius 1 is 1.30 bits per heavy atom. The number of likely N-dealkylation sites (N-methyl/N-ethyl adjacent to an activating group) is 1. The molecule has 1 aliphatic rings. The largest absolute Gasteiger partial charge is 0.326 e. The number of imidazole rings is 1. The summed E-state index contributed by atoms with van der Waals surface area (Å²) in [5, 5.41) is 4.46. The molecule has 20 heavy (non-hydrogen) atoms. The summed E-state index contributed by atoms with van der Waals surface area (Å²) in [7, 11) is 1.81. The average Bonchev–Trinajstić information content (AvgIpc) is 3.00. The predicted molar refractivity (Wildman–Crippen MR) is 81.6 cm³/mol. The summed E-state index contributed by atoms with van der Waals surface area (Å²) in [6.45, 7) is 6.22. The maximum Gasteiger partial charge on any atom is 0.326 e. The molecular formula is C15H20N4O. The highest BCUT2D eigenvalue weighted by Crippen LogP contribution is 2.30. The van der Waals surface area contributed by atoms with E-state index in [1.165, 1.54) is 5.57 Å². The lowest BCUT2D eigenvalue weighted by Crippen LogP contribution is -2.35. The third kappa shape index (κ3) is 1.86. The van der Waals surface area contributed by atoms with Gasteiger partial charge in [-0.05, 0) is 24.1 Å². The van der Waals surface area contributed by atoms with Crippen molar-refractivity contribution >= 4 is 16.7 Å². The molecule has 1 aliphatic heterocycles. The summed E-state index contributed by atoms with van der Waals surface area (Å²) >= 11 is 0. The predicted octanol–water partition coefficient (Wildman–Crippen LogP) is 2.22. The first-order valence-corrected chi connectivity index (χ1v) is 7.07. The fourth-order valence-electron chi connectivity index (χ4n) is 2.77. The second-order valence-corrected chi connectivity index (χ2v) is 5.13. The smallest absolute Gasteiger partial charge is 0.305 e. The number of aryl methyl sites for hydroxylation is 1. The number of anilines is 1. The summed E-state index contributed by atoms with van der Waals surface area (Å²) in [6, 6.07) is 5.99. The van der Waals surface area contributed by atoms with Crippen LogP contribution in [-0.2, 0) is 7.05 Å². The summed E-state index contributed by atoms with van der Waals surface area (Å²) in [6.07, 6.45) is 3.24. The Bertz CT molecular complexity index is 725. The van der Waals surface area contributed by atoms with Crippen LogP contribution in [-0.4, -0.2) is 27.6 Å². The Hall–Kier alpha value is -2.01. The minimum Gasteiger partial charge on any atom is -0.305 e. The van der Waals surface area contributed by atoms with E-state index in [2.05, 4.69) is 41.1 Å². The van der Waals surface area contributed by atoms with Crippen LogP contribution in [0.15, 0.2) is 34.8 Å². The molecule has 0 radical (unpaired) electrons. The zero-order valence-corrected chi connectivity index (χ0v) is 12.2. The van der Waals surface area contributed by atoms with Crippen molar-refractivity contribution in [2.24, 2.45) is 7.05 Å². The zero-order chi connectivity index (χ0) is 14.3. The summed E-state index contributed by atoms with van der Waals surface area (Å²) in [5.74, 6) is 0. The molecule has 0 spiro atoms. The van der Waals surface area contributed by atoms with Crippen molar-refractivity contribution in [2.75, 3.05) is 18.1 Å². The molecule has 0 atom stereocenters. The number of hydrogen-bond donors (Lipinski definition) is 1. The molecule has 106 valence electrons. The minimum absolute atomic E-state index is 0.0746. The third-order valence-electron chi connectivity index (χ3n) is 3.96. The Morgan fingerprint density at radius 2 is 2.10 bits per heavy atom. The normalized spacial score (nSPS) is 16.1. The van der Waals surface area contributed by atoms with E-state index in [0.717, 1.165) is 36.2 Å².